The third-order valence-corrected chi connectivity index (χ3v) is 4.98. The molecule has 0 unspecified atom stereocenters. The normalized spacial score (nSPS) is 22.2. The van der Waals surface area contributed by atoms with Crippen LogP contribution in [0, 0.1) is 6.92 Å². The average molecular weight is 340 g/mol. The summed E-state index contributed by atoms with van der Waals surface area (Å²) >= 11 is 0. The third kappa shape index (κ3) is 3.93. The maximum Gasteiger partial charge on any atom is 0.150 e. The first-order valence-electron chi connectivity index (χ1n) is 8.98. The number of nitrogens with zero attached hydrogens (tertiary/aromatic N) is 5. The molecular weight excluding hydrogens is 316 g/mol. The molecule has 7 nitrogen and oxygen atoms in total. The molecule has 2 saturated heterocycles. The van der Waals surface area contributed by atoms with Gasteiger partial charge in [0.15, 0.2) is 0 Å². The van der Waals surface area contributed by atoms with Crippen molar-refractivity contribution in [3.05, 3.63) is 36.2 Å². The van der Waals surface area contributed by atoms with Crippen molar-refractivity contribution in [3.8, 4) is 0 Å². The summed E-state index contributed by atoms with van der Waals surface area (Å²) in [6.45, 7) is 5.95. The zero-order chi connectivity index (χ0) is 17.1. The topological polar surface area (TPSA) is 76.1 Å². The molecule has 0 spiro atoms. The van der Waals surface area contributed by atoms with E-state index in [1.807, 2.05) is 13.0 Å². The Morgan fingerprint density at radius 3 is 2.80 bits per heavy atom. The number of likely N-dealkylation sites (tertiary alicyclic amines) is 1. The van der Waals surface area contributed by atoms with Crippen molar-refractivity contribution >= 4 is 11.6 Å². The number of rotatable bonds is 4. The standard InChI is InChI=1S/C18H24N6O/c1-13-10-16(22-17-11-19-5-6-20-17)23-18(21-13)14-2-7-24(12-14)15-3-8-25-9-4-15/h5-6,10-11,14-15H,2-4,7-9,12H2,1H3,(H,20,21,22,23)/t14-/m0/s1. The second-order valence-electron chi connectivity index (χ2n) is 6.79. The van der Waals surface area contributed by atoms with Crippen molar-refractivity contribution in [1.82, 2.24) is 24.8 Å². The van der Waals surface area contributed by atoms with Crippen LogP contribution in [0.2, 0.25) is 0 Å². The minimum Gasteiger partial charge on any atom is -0.381 e. The van der Waals surface area contributed by atoms with Gasteiger partial charge in [0.2, 0.25) is 0 Å². The fraction of sp³-hybridized carbons (Fsp3) is 0.556. The van der Waals surface area contributed by atoms with Crippen LogP contribution in [0.25, 0.3) is 0 Å². The molecule has 2 aliphatic heterocycles. The molecule has 0 aliphatic carbocycles. The molecule has 0 amide bonds. The first-order valence-corrected chi connectivity index (χ1v) is 8.98. The third-order valence-electron chi connectivity index (χ3n) is 4.98. The van der Waals surface area contributed by atoms with Crippen molar-refractivity contribution in [2.75, 3.05) is 31.6 Å². The fourth-order valence-electron chi connectivity index (χ4n) is 3.71. The lowest BCUT2D eigenvalue weighted by Gasteiger charge is -2.30. The molecule has 4 rings (SSSR count). The van der Waals surface area contributed by atoms with Gasteiger partial charge in [0.25, 0.3) is 0 Å². The Hall–Kier alpha value is -2.12. The van der Waals surface area contributed by atoms with E-state index in [0.29, 0.717) is 17.8 Å². The molecule has 0 saturated carbocycles. The smallest absolute Gasteiger partial charge is 0.150 e. The Bertz CT molecular complexity index is 704. The lowest BCUT2D eigenvalue weighted by atomic mass is 10.1. The molecule has 2 aromatic heterocycles. The maximum absolute atomic E-state index is 5.49. The van der Waals surface area contributed by atoms with Crippen LogP contribution in [0.3, 0.4) is 0 Å². The Balaban J connectivity index is 1.47. The summed E-state index contributed by atoms with van der Waals surface area (Å²) in [4.78, 5) is 20.4. The molecule has 1 N–H and O–H groups in total. The highest BCUT2D eigenvalue weighted by Crippen LogP contribution is 2.29. The van der Waals surface area contributed by atoms with E-state index in [1.54, 1.807) is 18.6 Å². The zero-order valence-electron chi connectivity index (χ0n) is 14.6. The lowest BCUT2D eigenvalue weighted by molar-refractivity contribution is 0.0419. The van der Waals surface area contributed by atoms with Gasteiger partial charge in [-0.05, 0) is 32.7 Å². The number of ether oxygens (including phenoxy) is 1. The molecule has 132 valence electrons. The average Bonchev–Trinajstić information content (AvgIpc) is 3.13. The van der Waals surface area contributed by atoms with E-state index in [1.165, 1.54) is 0 Å². The van der Waals surface area contributed by atoms with Crippen LogP contribution in [-0.2, 0) is 4.74 Å². The summed E-state index contributed by atoms with van der Waals surface area (Å²) in [5.74, 6) is 2.81. The number of nitrogens with one attached hydrogen (secondary N) is 1. The lowest BCUT2D eigenvalue weighted by Crippen LogP contribution is -2.37. The zero-order valence-corrected chi connectivity index (χ0v) is 14.6. The van der Waals surface area contributed by atoms with Crippen LogP contribution < -0.4 is 5.32 Å². The minimum atomic E-state index is 0.394. The summed E-state index contributed by atoms with van der Waals surface area (Å²) in [6.07, 6.45) is 8.41. The molecule has 2 fully saturated rings. The van der Waals surface area contributed by atoms with Crippen LogP contribution in [0.4, 0.5) is 11.6 Å². The number of aromatic nitrogens is 4. The van der Waals surface area contributed by atoms with Gasteiger partial charge >= 0.3 is 0 Å². The van der Waals surface area contributed by atoms with Crippen LogP contribution >= 0.6 is 0 Å². The molecule has 4 heterocycles. The second-order valence-corrected chi connectivity index (χ2v) is 6.79. The number of hydrogen-bond acceptors (Lipinski definition) is 7. The monoisotopic (exact) mass is 340 g/mol. The summed E-state index contributed by atoms with van der Waals surface area (Å²) < 4.78 is 5.49. The Labute approximate surface area is 147 Å². The van der Waals surface area contributed by atoms with Gasteiger partial charge in [0.1, 0.15) is 17.5 Å². The Kier molecular flexibility index (Phi) is 4.85. The van der Waals surface area contributed by atoms with Gasteiger partial charge in [-0.25, -0.2) is 15.0 Å². The van der Waals surface area contributed by atoms with Crippen molar-refractivity contribution in [1.29, 1.82) is 0 Å². The molecule has 1 atom stereocenters. The van der Waals surface area contributed by atoms with Gasteiger partial charge in [-0.15, -0.1) is 0 Å². The van der Waals surface area contributed by atoms with Gasteiger partial charge in [-0.1, -0.05) is 0 Å². The van der Waals surface area contributed by atoms with Crippen LogP contribution in [0.15, 0.2) is 24.7 Å². The Morgan fingerprint density at radius 2 is 2.00 bits per heavy atom. The van der Waals surface area contributed by atoms with E-state index in [4.69, 9.17) is 14.7 Å². The summed E-state index contributed by atoms with van der Waals surface area (Å²) in [5.41, 5.74) is 0.973. The van der Waals surface area contributed by atoms with Crippen molar-refractivity contribution in [2.45, 2.75) is 38.1 Å². The van der Waals surface area contributed by atoms with E-state index >= 15 is 0 Å². The highest BCUT2D eigenvalue weighted by Gasteiger charge is 2.31. The molecule has 25 heavy (non-hydrogen) atoms. The predicted octanol–water partition coefficient (Wildman–Crippen LogP) is 2.29. The first-order chi connectivity index (χ1) is 12.3. The minimum absolute atomic E-state index is 0.394. The van der Waals surface area contributed by atoms with Gasteiger partial charge in [0, 0.05) is 55.9 Å². The summed E-state index contributed by atoms with van der Waals surface area (Å²) in [6, 6.07) is 2.60. The quantitative estimate of drug-likeness (QED) is 0.915. The van der Waals surface area contributed by atoms with Crippen LogP contribution in [-0.4, -0.2) is 57.2 Å². The number of aryl methyl sites for hydroxylation is 1. The van der Waals surface area contributed by atoms with Crippen molar-refractivity contribution in [2.24, 2.45) is 0 Å². The molecular formula is C18H24N6O. The fourth-order valence-corrected chi connectivity index (χ4v) is 3.71. The molecule has 2 aliphatic rings. The van der Waals surface area contributed by atoms with E-state index in [9.17, 15) is 0 Å². The van der Waals surface area contributed by atoms with E-state index in [-0.39, 0.29) is 0 Å². The molecule has 2 aromatic rings. The van der Waals surface area contributed by atoms with E-state index in [2.05, 4.69) is 20.2 Å². The maximum atomic E-state index is 5.49. The van der Waals surface area contributed by atoms with Gasteiger partial charge in [-0.3, -0.25) is 9.88 Å². The van der Waals surface area contributed by atoms with Crippen LogP contribution in [0.5, 0.6) is 0 Å². The molecule has 0 bridgehead atoms. The van der Waals surface area contributed by atoms with E-state index < -0.39 is 0 Å². The largest absolute Gasteiger partial charge is 0.381 e. The van der Waals surface area contributed by atoms with Crippen molar-refractivity contribution in [3.63, 3.8) is 0 Å². The second kappa shape index (κ2) is 7.41. The summed E-state index contributed by atoms with van der Waals surface area (Å²) in [5, 5.41) is 3.23. The molecule has 0 aromatic carbocycles. The van der Waals surface area contributed by atoms with Gasteiger partial charge in [0.05, 0.1) is 6.20 Å². The molecule has 7 heteroatoms. The highest BCUT2D eigenvalue weighted by molar-refractivity contribution is 5.50. The molecule has 0 radical (unpaired) electrons. The van der Waals surface area contributed by atoms with Crippen molar-refractivity contribution < 1.29 is 4.74 Å². The number of anilines is 2. The SMILES string of the molecule is Cc1cc(Nc2cnccn2)nc([C@H]2CCN(C3CCOCC3)C2)n1. The van der Waals surface area contributed by atoms with E-state index in [0.717, 1.165) is 62.9 Å². The van der Waals surface area contributed by atoms with Crippen LogP contribution in [0.1, 0.15) is 36.7 Å². The van der Waals surface area contributed by atoms with Gasteiger partial charge in [-0.2, -0.15) is 0 Å². The number of hydrogen-bond donors (Lipinski definition) is 1. The Morgan fingerprint density at radius 1 is 1.12 bits per heavy atom. The van der Waals surface area contributed by atoms with Gasteiger partial charge < -0.3 is 10.1 Å². The predicted molar refractivity (Wildman–Crippen MR) is 94.9 cm³/mol. The first kappa shape index (κ1) is 16.4. The highest BCUT2D eigenvalue weighted by atomic mass is 16.5. The summed E-state index contributed by atoms with van der Waals surface area (Å²) in [7, 11) is 0.